The van der Waals surface area contributed by atoms with Crippen LogP contribution in [0.15, 0.2) is 6.20 Å². The molecule has 0 fully saturated rings. The van der Waals surface area contributed by atoms with Crippen molar-refractivity contribution in [3.63, 3.8) is 0 Å². The SMILES string of the molecule is CC(C(=O)O)S(=O)(=O)Cc1cn(C)nn1. The van der Waals surface area contributed by atoms with Gasteiger partial charge in [0.05, 0.1) is 11.4 Å². The zero-order chi connectivity index (χ0) is 11.6. The number of aliphatic carboxylic acids is 1. The lowest BCUT2D eigenvalue weighted by Gasteiger charge is -2.05. The molecular formula is C7H11N3O4S. The molecule has 0 aliphatic carbocycles. The summed E-state index contributed by atoms with van der Waals surface area (Å²) in [4.78, 5) is 10.5. The fourth-order valence-electron chi connectivity index (χ4n) is 0.946. The van der Waals surface area contributed by atoms with Gasteiger partial charge < -0.3 is 5.11 Å². The molecule has 1 heterocycles. The summed E-state index contributed by atoms with van der Waals surface area (Å²) in [6, 6.07) is 0. The van der Waals surface area contributed by atoms with Crippen molar-refractivity contribution >= 4 is 15.8 Å². The van der Waals surface area contributed by atoms with Crippen LogP contribution in [0.5, 0.6) is 0 Å². The van der Waals surface area contributed by atoms with E-state index in [9.17, 15) is 13.2 Å². The Hall–Kier alpha value is -1.44. The van der Waals surface area contributed by atoms with Gasteiger partial charge >= 0.3 is 5.97 Å². The third kappa shape index (κ3) is 2.75. The van der Waals surface area contributed by atoms with Crippen molar-refractivity contribution in [2.24, 2.45) is 7.05 Å². The number of carboxylic acids is 1. The Morgan fingerprint density at radius 1 is 1.67 bits per heavy atom. The molecule has 1 atom stereocenters. The van der Waals surface area contributed by atoms with Crippen LogP contribution < -0.4 is 0 Å². The third-order valence-corrected chi connectivity index (χ3v) is 3.86. The molecule has 0 aliphatic heterocycles. The fourth-order valence-corrected chi connectivity index (χ4v) is 2.05. The van der Waals surface area contributed by atoms with Gasteiger partial charge in [-0.2, -0.15) is 0 Å². The van der Waals surface area contributed by atoms with Gasteiger partial charge in [0.15, 0.2) is 15.1 Å². The van der Waals surface area contributed by atoms with E-state index in [1.54, 1.807) is 7.05 Å². The van der Waals surface area contributed by atoms with Crippen LogP contribution in [0, 0.1) is 0 Å². The minimum absolute atomic E-state index is 0.241. The Bertz CT molecular complexity index is 464. The Balaban J connectivity index is 2.86. The summed E-state index contributed by atoms with van der Waals surface area (Å²) in [6.07, 6.45) is 1.44. The van der Waals surface area contributed by atoms with Gasteiger partial charge in [0, 0.05) is 13.2 Å². The molecule has 0 spiro atoms. The summed E-state index contributed by atoms with van der Waals surface area (Å²) in [7, 11) is -2.11. The monoisotopic (exact) mass is 233 g/mol. The standard InChI is InChI=1S/C7H11N3O4S/c1-5(7(11)12)15(13,14)4-6-3-10(2)9-8-6/h3,5H,4H2,1-2H3,(H,11,12). The molecule has 7 nitrogen and oxygen atoms in total. The van der Waals surface area contributed by atoms with Crippen molar-refractivity contribution in [3.8, 4) is 0 Å². The summed E-state index contributed by atoms with van der Waals surface area (Å²) >= 11 is 0. The maximum Gasteiger partial charge on any atom is 0.321 e. The van der Waals surface area contributed by atoms with Crippen molar-refractivity contribution in [1.82, 2.24) is 15.0 Å². The number of nitrogens with zero attached hydrogens (tertiary/aromatic N) is 3. The highest BCUT2D eigenvalue weighted by molar-refractivity contribution is 7.91. The number of hydrogen-bond acceptors (Lipinski definition) is 5. The van der Waals surface area contributed by atoms with Gasteiger partial charge in [0.2, 0.25) is 0 Å². The Labute approximate surface area is 86.6 Å². The summed E-state index contributed by atoms with van der Waals surface area (Å²) in [6.45, 7) is 1.13. The molecule has 1 aromatic heterocycles. The van der Waals surface area contributed by atoms with E-state index in [-0.39, 0.29) is 5.69 Å². The van der Waals surface area contributed by atoms with E-state index in [2.05, 4.69) is 10.3 Å². The molecule has 84 valence electrons. The van der Waals surface area contributed by atoms with E-state index < -0.39 is 26.8 Å². The van der Waals surface area contributed by atoms with Crippen molar-refractivity contribution in [2.75, 3.05) is 0 Å². The van der Waals surface area contributed by atoms with Crippen LogP contribution in [-0.4, -0.2) is 39.7 Å². The fraction of sp³-hybridized carbons (Fsp3) is 0.571. The molecule has 0 bridgehead atoms. The van der Waals surface area contributed by atoms with Gasteiger partial charge in [-0.3, -0.25) is 9.48 Å². The quantitative estimate of drug-likeness (QED) is 0.730. The average molecular weight is 233 g/mol. The highest BCUT2D eigenvalue weighted by atomic mass is 32.2. The number of carbonyl (C=O) groups is 1. The van der Waals surface area contributed by atoms with E-state index in [1.165, 1.54) is 10.9 Å². The maximum absolute atomic E-state index is 11.5. The molecule has 1 unspecified atom stereocenters. The first-order valence-corrected chi connectivity index (χ1v) is 5.84. The molecule has 0 radical (unpaired) electrons. The number of carboxylic acid groups (broad SMARTS) is 1. The first-order chi connectivity index (χ1) is 6.83. The van der Waals surface area contributed by atoms with Gasteiger partial charge in [0.1, 0.15) is 0 Å². The van der Waals surface area contributed by atoms with Crippen LogP contribution in [0.1, 0.15) is 12.6 Å². The summed E-state index contributed by atoms with van der Waals surface area (Å²) in [5, 5.41) is 14.3. The molecule has 1 rings (SSSR count). The van der Waals surface area contributed by atoms with Crippen molar-refractivity contribution in [3.05, 3.63) is 11.9 Å². The normalized spacial score (nSPS) is 13.7. The molecule has 8 heteroatoms. The van der Waals surface area contributed by atoms with Crippen molar-refractivity contribution < 1.29 is 18.3 Å². The van der Waals surface area contributed by atoms with Gasteiger partial charge in [-0.25, -0.2) is 8.42 Å². The lowest BCUT2D eigenvalue weighted by atomic mass is 10.5. The predicted molar refractivity (Wildman–Crippen MR) is 50.7 cm³/mol. The van der Waals surface area contributed by atoms with Gasteiger partial charge in [-0.05, 0) is 6.92 Å². The third-order valence-electron chi connectivity index (χ3n) is 1.89. The van der Waals surface area contributed by atoms with E-state index in [4.69, 9.17) is 5.11 Å². The summed E-state index contributed by atoms with van der Waals surface area (Å²) in [5.41, 5.74) is 0.241. The van der Waals surface area contributed by atoms with Crippen LogP contribution in [0.3, 0.4) is 0 Å². The van der Waals surface area contributed by atoms with Crippen molar-refractivity contribution in [2.45, 2.75) is 17.9 Å². The smallest absolute Gasteiger partial charge is 0.321 e. The summed E-state index contributed by atoms with van der Waals surface area (Å²) < 4.78 is 24.3. The van der Waals surface area contributed by atoms with E-state index in [1.807, 2.05) is 0 Å². The van der Waals surface area contributed by atoms with E-state index >= 15 is 0 Å². The molecule has 0 aromatic carbocycles. The molecule has 0 aliphatic rings. The maximum atomic E-state index is 11.5. The molecular weight excluding hydrogens is 222 g/mol. The van der Waals surface area contributed by atoms with E-state index in [0.29, 0.717) is 0 Å². The first-order valence-electron chi connectivity index (χ1n) is 4.12. The number of aryl methyl sites for hydroxylation is 1. The minimum atomic E-state index is -3.71. The topological polar surface area (TPSA) is 102 Å². The van der Waals surface area contributed by atoms with Gasteiger partial charge in [-0.15, -0.1) is 5.10 Å². The lowest BCUT2D eigenvalue weighted by molar-refractivity contribution is -0.136. The molecule has 15 heavy (non-hydrogen) atoms. The minimum Gasteiger partial charge on any atom is -0.480 e. The van der Waals surface area contributed by atoms with Gasteiger partial charge in [-0.1, -0.05) is 5.21 Å². The number of sulfone groups is 1. The molecule has 1 aromatic rings. The van der Waals surface area contributed by atoms with Crippen LogP contribution in [0.4, 0.5) is 0 Å². The zero-order valence-corrected chi connectivity index (χ0v) is 9.10. The molecule has 0 saturated heterocycles. The second kappa shape index (κ2) is 3.97. The lowest BCUT2D eigenvalue weighted by Crippen LogP contribution is -2.28. The number of aromatic nitrogens is 3. The second-order valence-electron chi connectivity index (χ2n) is 3.17. The highest BCUT2D eigenvalue weighted by Crippen LogP contribution is 2.08. The number of hydrogen-bond donors (Lipinski definition) is 1. The molecule has 0 saturated carbocycles. The largest absolute Gasteiger partial charge is 0.480 e. The van der Waals surface area contributed by atoms with Crippen LogP contribution in [0.2, 0.25) is 0 Å². The summed E-state index contributed by atoms with van der Waals surface area (Å²) in [5.74, 6) is -1.77. The number of rotatable bonds is 4. The average Bonchev–Trinajstić information content (AvgIpc) is 2.48. The Morgan fingerprint density at radius 3 is 2.67 bits per heavy atom. The highest BCUT2D eigenvalue weighted by Gasteiger charge is 2.28. The first kappa shape index (κ1) is 11.6. The predicted octanol–water partition coefficient (Wildman–Crippen LogP) is -0.797. The molecule has 0 amide bonds. The Kier molecular flexibility index (Phi) is 3.08. The molecule has 1 N–H and O–H groups in total. The van der Waals surface area contributed by atoms with Crippen LogP contribution >= 0.6 is 0 Å². The van der Waals surface area contributed by atoms with Crippen LogP contribution in [-0.2, 0) is 27.4 Å². The zero-order valence-electron chi connectivity index (χ0n) is 8.28. The van der Waals surface area contributed by atoms with Gasteiger partial charge in [0.25, 0.3) is 0 Å². The van der Waals surface area contributed by atoms with Crippen molar-refractivity contribution in [1.29, 1.82) is 0 Å². The van der Waals surface area contributed by atoms with Crippen LogP contribution in [0.25, 0.3) is 0 Å². The van der Waals surface area contributed by atoms with E-state index in [0.717, 1.165) is 6.92 Å². The second-order valence-corrected chi connectivity index (χ2v) is 5.49. The Morgan fingerprint density at radius 2 is 2.27 bits per heavy atom.